The molecule has 2 aliphatic rings. The van der Waals surface area contributed by atoms with Crippen molar-refractivity contribution in [3.63, 3.8) is 0 Å². The minimum absolute atomic E-state index is 0.0729. The second kappa shape index (κ2) is 7.19. The molecule has 1 aliphatic heterocycles. The molecule has 0 saturated heterocycles. The first-order valence-electron chi connectivity index (χ1n) is 10.4. The van der Waals surface area contributed by atoms with E-state index in [0.29, 0.717) is 35.9 Å². The summed E-state index contributed by atoms with van der Waals surface area (Å²) in [6.07, 6.45) is 6.79. The molecule has 3 rings (SSSR count). The molecule has 1 aromatic rings. The van der Waals surface area contributed by atoms with Crippen molar-refractivity contribution in [3.05, 3.63) is 28.8 Å². The Hall–Kier alpha value is -2.30. The summed E-state index contributed by atoms with van der Waals surface area (Å²) in [5, 5.41) is 21.4. The van der Waals surface area contributed by atoms with E-state index in [1.165, 1.54) is 0 Å². The summed E-state index contributed by atoms with van der Waals surface area (Å²) in [6, 6.07) is 0. The SMILES string of the molecule is CC(C)C[C@@H]1c2c(O)c(C=O)c(O)c(C=O)c2O[C@@]2(C)C=C[C@H](C(C)C)C[C@]12C. The summed E-state index contributed by atoms with van der Waals surface area (Å²) in [5.41, 5.74) is -0.913. The molecule has 4 atom stereocenters. The number of ether oxygens (including phenoxy) is 1. The maximum Gasteiger partial charge on any atom is 0.157 e. The number of carbonyl (C=O) groups excluding carboxylic acids is 2. The molecule has 1 heterocycles. The number of fused-ring (bicyclic) bond motifs is 2. The maximum absolute atomic E-state index is 11.8. The fourth-order valence-electron chi connectivity index (χ4n) is 5.15. The highest BCUT2D eigenvalue weighted by molar-refractivity contribution is 5.95. The van der Waals surface area contributed by atoms with Gasteiger partial charge in [-0.25, -0.2) is 0 Å². The number of aromatic hydroxyl groups is 2. The summed E-state index contributed by atoms with van der Waals surface area (Å²) < 4.78 is 6.40. The molecule has 29 heavy (non-hydrogen) atoms. The number of phenolic OH excluding ortho intramolecular Hbond substituents is 2. The van der Waals surface area contributed by atoms with Crippen molar-refractivity contribution >= 4 is 12.6 Å². The summed E-state index contributed by atoms with van der Waals surface area (Å²) >= 11 is 0. The van der Waals surface area contributed by atoms with Crippen LogP contribution in [0.3, 0.4) is 0 Å². The van der Waals surface area contributed by atoms with Crippen molar-refractivity contribution < 1.29 is 24.5 Å². The lowest BCUT2D eigenvalue weighted by atomic mass is 9.53. The van der Waals surface area contributed by atoms with E-state index in [9.17, 15) is 19.8 Å². The molecule has 0 unspecified atom stereocenters. The summed E-state index contributed by atoms with van der Waals surface area (Å²) in [4.78, 5) is 23.4. The first-order valence-corrected chi connectivity index (χ1v) is 10.4. The molecule has 0 radical (unpaired) electrons. The van der Waals surface area contributed by atoms with Crippen LogP contribution in [-0.2, 0) is 0 Å². The Morgan fingerprint density at radius 2 is 1.72 bits per heavy atom. The number of hydrogen-bond acceptors (Lipinski definition) is 5. The first kappa shape index (κ1) is 21.4. The van der Waals surface area contributed by atoms with Crippen LogP contribution in [0.1, 0.15) is 86.6 Å². The molecule has 0 spiro atoms. The summed E-state index contributed by atoms with van der Waals surface area (Å²) in [5.74, 6) is 0.396. The molecule has 0 bridgehead atoms. The van der Waals surface area contributed by atoms with Crippen molar-refractivity contribution in [3.8, 4) is 17.2 Å². The third-order valence-electron chi connectivity index (χ3n) is 7.20. The zero-order chi connectivity index (χ0) is 21.7. The average Bonchev–Trinajstić information content (AvgIpc) is 2.62. The smallest absolute Gasteiger partial charge is 0.157 e. The van der Waals surface area contributed by atoms with E-state index in [0.717, 1.165) is 12.8 Å². The second-order valence-corrected chi connectivity index (χ2v) is 9.78. The molecular formula is C24H32O5. The van der Waals surface area contributed by atoms with Crippen LogP contribution in [0, 0.1) is 23.2 Å². The monoisotopic (exact) mass is 400 g/mol. The topological polar surface area (TPSA) is 83.8 Å². The van der Waals surface area contributed by atoms with E-state index in [2.05, 4.69) is 46.8 Å². The number of allylic oxidation sites excluding steroid dienone is 1. The minimum Gasteiger partial charge on any atom is -0.507 e. The van der Waals surface area contributed by atoms with Gasteiger partial charge in [0.15, 0.2) is 12.6 Å². The molecule has 158 valence electrons. The van der Waals surface area contributed by atoms with E-state index >= 15 is 0 Å². The Morgan fingerprint density at radius 1 is 1.10 bits per heavy atom. The highest BCUT2D eigenvalue weighted by Gasteiger charge is 2.58. The van der Waals surface area contributed by atoms with Crippen molar-refractivity contribution in [2.75, 3.05) is 0 Å². The van der Waals surface area contributed by atoms with E-state index < -0.39 is 11.4 Å². The quantitative estimate of drug-likeness (QED) is 0.521. The van der Waals surface area contributed by atoms with Crippen LogP contribution in [0.25, 0.3) is 0 Å². The van der Waals surface area contributed by atoms with Gasteiger partial charge < -0.3 is 14.9 Å². The number of phenols is 2. The molecule has 0 fully saturated rings. The third-order valence-corrected chi connectivity index (χ3v) is 7.20. The lowest BCUT2D eigenvalue weighted by Crippen LogP contribution is -2.56. The normalized spacial score (nSPS) is 30.6. The van der Waals surface area contributed by atoms with Crippen LogP contribution < -0.4 is 4.74 Å². The summed E-state index contributed by atoms with van der Waals surface area (Å²) in [6.45, 7) is 12.8. The minimum atomic E-state index is -0.704. The summed E-state index contributed by atoms with van der Waals surface area (Å²) in [7, 11) is 0. The molecule has 0 amide bonds. The lowest BCUT2D eigenvalue weighted by molar-refractivity contribution is -0.0638. The number of aldehydes is 2. The zero-order valence-corrected chi connectivity index (χ0v) is 18.2. The van der Waals surface area contributed by atoms with E-state index in [4.69, 9.17) is 4.74 Å². The van der Waals surface area contributed by atoms with Crippen LogP contribution in [0.5, 0.6) is 17.2 Å². The van der Waals surface area contributed by atoms with Gasteiger partial charge in [0, 0.05) is 16.9 Å². The molecule has 5 nitrogen and oxygen atoms in total. The van der Waals surface area contributed by atoms with Gasteiger partial charge >= 0.3 is 0 Å². The molecule has 2 N–H and O–H groups in total. The van der Waals surface area contributed by atoms with Gasteiger partial charge in [-0.2, -0.15) is 0 Å². The van der Waals surface area contributed by atoms with Crippen LogP contribution >= 0.6 is 0 Å². The first-order chi connectivity index (χ1) is 13.5. The lowest BCUT2D eigenvalue weighted by Gasteiger charge is -2.57. The zero-order valence-electron chi connectivity index (χ0n) is 18.2. The predicted octanol–water partition coefficient (Wildman–Crippen LogP) is 5.24. The Bertz CT molecular complexity index is 869. The highest BCUT2D eigenvalue weighted by atomic mass is 16.5. The van der Waals surface area contributed by atoms with Crippen molar-refractivity contribution in [1.29, 1.82) is 0 Å². The fraction of sp³-hybridized carbons (Fsp3) is 0.583. The van der Waals surface area contributed by atoms with E-state index in [-0.39, 0.29) is 34.0 Å². The number of rotatable bonds is 5. The Balaban J connectivity index is 2.35. The number of hydrogen-bond donors (Lipinski definition) is 2. The van der Waals surface area contributed by atoms with Gasteiger partial charge in [-0.1, -0.05) is 40.7 Å². The van der Waals surface area contributed by atoms with Gasteiger partial charge in [0.1, 0.15) is 22.8 Å². The van der Waals surface area contributed by atoms with Gasteiger partial charge in [-0.3, -0.25) is 9.59 Å². The molecule has 0 aromatic heterocycles. The van der Waals surface area contributed by atoms with Gasteiger partial charge in [0.2, 0.25) is 0 Å². The van der Waals surface area contributed by atoms with Crippen LogP contribution in [0.4, 0.5) is 0 Å². The van der Waals surface area contributed by atoms with Crippen LogP contribution in [0.15, 0.2) is 12.2 Å². The third kappa shape index (κ3) is 3.06. The average molecular weight is 401 g/mol. The van der Waals surface area contributed by atoms with Crippen molar-refractivity contribution in [2.45, 2.75) is 65.9 Å². The van der Waals surface area contributed by atoms with E-state index in [1.807, 2.05) is 6.92 Å². The molecule has 1 aliphatic carbocycles. The Kier molecular flexibility index (Phi) is 5.31. The standard InChI is InChI=1S/C24H32O5/c1-13(2)9-18-19-21(28)16(11-25)20(27)17(12-26)22(19)29-24(6)8-7-15(14(3)4)10-23(18,24)5/h7-8,11-15,18,27-28H,9-10H2,1-6H3/t15-,18+,23+,24-/m0/s1. The number of benzene rings is 1. The highest BCUT2D eigenvalue weighted by Crippen LogP contribution is 2.64. The predicted molar refractivity (Wildman–Crippen MR) is 112 cm³/mol. The fourth-order valence-corrected chi connectivity index (χ4v) is 5.15. The van der Waals surface area contributed by atoms with Gasteiger partial charge in [-0.05, 0) is 43.6 Å². The molecule has 5 heteroatoms. The number of carbonyl (C=O) groups is 2. The van der Waals surface area contributed by atoms with Crippen LogP contribution in [-0.4, -0.2) is 28.4 Å². The molecule has 1 aromatic carbocycles. The van der Waals surface area contributed by atoms with Gasteiger partial charge in [-0.15, -0.1) is 0 Å². The van der Waals surface area contributed by atoms with Gasteiger partial charge in [0.25, 0.3) is 0 Å². The van der Waals surface area contributed by atoms with Crippen molar-refractivity contribution in [1.82, 2.24) is 0 Å². The largest absolute Gasteiger partial charge is 0.507 e. The Morgan fingerprint density at radius 3 is 2.24 bits per heavy atom. The van der Waals surface area contributed by atoms with Crippen molar-refractivity contribution in [2.24, 2.45) is 23.2 Å². The van der Waals surface area contributed by atoms with Gasteiger partial charge in [0.05, 0.1) is 11.1 Å². The van der Waals surface area contributed by atoms with E-state index in [1.54, 1.807) is 0 Å². The Labute approximate surface area is 172 Å². The molecular weight excluding hydrogens is 368 g/mol. The molecule has 0 saturated carbocycles. The second-order valence-electron chi connectivity index (χ2n) is 9.78. The maximum atomic E-state index is 11.8. The van der Waals surface area contributed by atoms with Crippen LogP contribution in [0.2, 0.25) is 0 Å².